The van der Waals surface area contributed by atoms with Gasteiger partial charge in [-0.1, -0.05) is 12.5 Å². The fraction of sp³-hybridized carbons (Fsp3) is 0.600. The van der Waals surface area contributed by atoms with E-state index in [0.29, 0.717) is 17.4 Å². The molecule has 5 heteroatoms. The molecule has 0 saturated heterocycles. The first kappa shape index (κ1) is 15.5. The van der Waals surface area contributed by atoms with Crippen LogP contribution in [0.25, 0.3) is 0 Å². The summed E-state index contributed by atoms with van der Waals surface area (Å²) in [7, 11) is -3.41. The van der Waals surface area contributed by atoms with E-state index >= 15 is 0 Å². The number of hydrogen-bond donors (Lipinski definition) is 2. The van der Waals surface area contributed by atoms with E-state index in [4.69, 9.17) is 5.73 Å². The summed E-state index contributed by atoms with van der Waals surface area (Å²) in [5, 5.41) is 0. The van der Waals surface area contributed by atoms with Crippen LogP contribution >= 0.6 is 0 Å². The molecule has 0 radical (unpaired) electrons. The van der Waals surface area contributed by atoms with Gasteiger partial charge >= 0.3 is 0 Å². The highest BCUT2D eigenvalue weighted by molar-refractivity contribution is 7.89. The summed E-state index contributed by atoms with van der Waals surface area (Å²) in [6.07, 6.45) is 4.12. The van der Waals surface area contributed by atoms with E-state index in [1.54, 1.807) is 12.1 Å². The monoisotopic (exact) mass is 296 g/mol. The molecule has 1 saturated carbocycles. The van der Waals surface area contributed by atoms with Gasteiger partial charge in [0.15, 0.2) is 0 Å². The number of aryl methyl sites for hydroxylation is 2. The van der Waals surface area contributed by atoms with Crippen molar-refractivity contribution in [2.45, 2.75) is 50.5 Å². The Morgan fingerprint density at radius 1 is 1.25 bits per heavy atom. The Morgan fingerprint density at radius 3 is 2.65 bits per heavy atom. The Labute approximate surface area is 121 Å². The van der Waals surface area contributed by atoms with E-state index in [0.717, 1.165) is 36.8 Å². The summed E-state index contributed by atoms with van der Waals surface area (Å²) in [5.41, 5.74) is 8.03. The van der Waals surface area contributed by atoms with E-state index in [1.165, 1.54) is 0 Å². The van der Waals surface area contributed by atoms with Gasteiger partial charge in [0.05, 0.1) is 4.90 Å². The minimum Gasteiger partial charge on any atom is -0.328 e. The average molecular weight is 296 g/mol. The molecule has 1 aromatic rings. The predicted molar refractivity (Wildman–Crippen MR) is 81.0 cm³/mol. The van der Waals surface area contributed by atoms with Crippen LogP contribution in [0.15, 0.2) is 23.1 Å². The van der Waals surface area contributed by atoms with Gasteiger partial charge in [-0.15, -0.1) is 0 Å². The van der Waals surface area contributed by atoms with Crippen LogP contribution < -0.4 is 10.5 Å². The highest BCUT2D eigenvalue weighted by atomic mass is 32.2. The zero-order valence-corrected chi connectivity index (χ0v) is 13.0. The molecule has 20 heavy (non-hydrogen) atoms. The Kier molecular flexibility index (Phi) is 4.83. The van der Waals surface area contributed by atoms with Crippen LogP contribution in [0.4, 0.5) is 0 Å². The first-order chi connectivity index (χ1) is 9.38. The van der Waals surface area contributed by atoms with E-state index in [9.17, 15) is 8.42 Å². The lowest BCUT2D eigenvalue weighted by Crippen LogP contribution is -2.35. The SMILES string of the molecule is Cc1ccc(S(=O)(=O)NCC2CCCC(N)C2)cc1C. The molecule has 1 aromatic carbocycles. The molecule has 0 aromatic heterocycles. The minimum absolute atomic E-state index is 0.222. The van der Waals surface area contributed by atoms with Crippen molar-refractivity contribution < 1.29 is 8.42 Å². The third-order valence-electron chi connectivity index (χ3n) is 4.17. The van der Waals surface area contributed by atoms with Crippen molar-refractivity contribution in [2.75, 3.05) is 6.54 Å². The van der Waals surface area contributed by atoms with E-state index in [-0.39, 0.29) is 6.04 Å². The fourth-order valence-electron chi connectivity index (χ4n) is 2.71. The largest absolute Gasteiger partial charge is 0.328 e. The third-order valence-corrected chi connectivity index (χ3v) is 5.60. The summed E-state index contributed by atoms with van der Waals surface area (Å²) in [5.74, 6) is 0.361. The summed E-state index contributed by atoms with van der Waals surface area (Å²) >= 11 is 0. The molecule has 112 valence electrons. The lowest BCUT2D eigenvalue weighted by molar-refractivity contribution is 0.322. The molecule has 3 N–H and O–H groups in total. The normalized spacial score (nSPS) is 23.8. The molecule has 2 atom stereocenters. The number of nitrogens with one attached hydrogen (secondary N) is 1. The molecular weight excluding hydrogens is 272 g/mol. The molecule has 0 spiro atoms. The summed E-state index contributed by atoms with van der Waals surface area (Å²) in [4.78, 5) is 0.348. The molecule has 0 heterocycles. The summed E-state index contributed by atoms with van der Waals surface area (Å²) in [6, 6.07) is 5.46. The van der Waals surface area contributed by atoms with Crippen molar-refractivity contribution in [3.8, 4) is 0 Å². The van der Waals surface area contributed by atoms with Gasteiger partial charge in [0.1, 0.15) is 0 Å². The standard InChI is InChI=1S/C15H24N2O2S/c1-11-6-7-15(8-12(11)2)20(18,19)17-10-13-4-3-5-14(16)9-13/h6-8,13-14,17H,3-5,9-10,16H2,1-2H3. The summed E-state index contributed by atoms with van der Waals surface area (Å²) < 4.78 is 27.3. The molecule has 0 aliphatic heterocycles. The number of rotatable bonds is 4. The van der Waals surface area contributed by atoms with Crippen LogP contribution in [-0.2, 0) is 10.0 Å². The van der Waals surface area contributed by atoms with E-state index in [1.807, 2.05) is 19.9 Å². The Morgan fingerprint density at radius 2 is 2.00 bits per heavy atom. The van der Waals surface area contributed by atoms with Crippen LogP contribution in [-0.4, -0.2) is 21.0 Å². The van der Waals surface area contributed by atoms with Crippen molar-refractivity contribution in [1.29, 1.82) is 0 Å². The predicted octanol–water partition coefficient (Wildman–Crippen LogP) is 2.10. The lowest BCUT2D eigenvalue weighted by atomic mass is 9.86. The zero-order valence-electron chi connectivity index (χ0n) is 12.2. The Bertz CT molecular complexity index is 569. The van der Waals surface area contributed by atoms with Crippen molar-refractivity contribution >= 4 is 10.0 Å². The van der Waals surface area contributed by atoms with E-state index < -0.39 is 10.0 Å². The summed E-state index contributed by atoms with van der Waals surface area (Å²) in [6.45, 7) is 4.39. The van der Waals surface area contributed by atoms with Crippen LogP contribution in [0.1, 0.15) is 36.8 Å². The quantitative estimate of drug-likeness (QED) is 0.893. The molecule has 0 amide bonds. The average Bonchev–Trinajstić information content (AvgIpc) is 2.40. The first-order valence-electron chi connectivity index (χ1n) is 7.21. The second-order valence-electron chi connectivity index (χ2n) is 5.89. The fourth-order valence-corrected chi connectivity index (χ4v) is 3.91. The van der Waals surface area contributed by atoms with E-state index in [2.05, 4.69) is 4.72 Å². The molecule has 0 bridgehead atoms. The Balaban J connectivity index is 2.01. The lowest BCUT2D eigenvalue weighted by Gasteiger charge is -2.26. The topological polar surface area (TPSA) is 72.2 Å². The molecule has 1 aliphatic rings. The van der Waals surface area contributed by atoms with Crippen LogP contribution in [0.2, 0.25) is 0 Å². The highest BCUT2D eigenvalue weighted by Gasteiger charge is 2.22. The third kappa shape index (κ3) is 3.81. The molecule has 1 aliphatic carbocycles. The molecule has 4 nitrogen and oxygen atoms in total. The minimum atomic E-state index is -3.41. The number of nitrogens with two attached hydrogens (primary N) is 1. The van der Waals surface area contributed by atoms with Crippen molar-refractivity contribution in [3.63, 3.8) is 0 Å². The van der Waals surface area contributed by atoms with Gasteiger partial charge in [0, 0.05) is 12.6 Å². The second-order valence-corrected chi connectivity index (χ2v) is 7.66. The van der Waals surface area contributed by atoms with Gasteiger partial charge < -0.3 is 5.73 Å². The maximum atomic E-state index is 12.3. The zero-order chi connectivity index (χ0) is 14.8. The van der Waals surface area contributed by atoms with Gasteiger partial charge in [-0.2, -0.15) is 0 Å². The van der Waals surface area contributed by atoms with Crippen LogP contribution in [0.3, 0.4) is 0 Å². The van der Waals surface area contributed by atoms with Gasteiger partial charge in [-0.3, -0.25) is 0 Å². The first-order valence-corrected chi connectivity index (χ1v) is 8.69. The number of benzene rings is 1. The molecular formula is C15H24N2O2S. The van der Waals surface area contributed by atoms with Gasteiger partial charge in [-0.25, -0.2) is 13.1 Å². The molecule has 2 unspecified atom stereocenters. The van der Waals surface area contributed by atoms with Gasteiger partial charge in [-0.05, 0) is 62.3 Å². The van der Waals surface area contributed by atoms with Crippen molar-refractivity contribution in [1.82, 2.24) is 4.72 Å². The van der Waals surface area contributed by atoms with Crippen molar-refractivity contribution in [2.24, 2.45) is 11.7 Å². The van der Waals surface area contributed by atoms with Gasteiger partial charge in [0.2, 0.25) is 10.0 Å². The van der Waals surface area contributed by atoms with Crippen LogP contribution in [0.5, 0.6) is 0 Å². The van der Waals surface area contributed by atoms with Crippen LogP contribution in [0, 0.1) is 19.8 Å². The second kappa shape index (κ2) is 6.24. The number of hydrogen-bond acceptors (Lipinski definition) is 3. The van der Waals surface area contributed by atoms with Crippen molar-refractivity contribution in [3.05, 3.63) is 29.3 Å². The Hall–Kier alpha value is -0.910. The smallest absolute Gasteiger partial charge is 0.240 e. The maximum Gasteiger partial charge on any atom is 0.240 e. The number of sulfonamides is 1. The van der Waals surface area contributed by atoms with Gasteiger partial charge in [0.25, 0.3) is 0 Å². The highest BCUT2D eigenvalue weighted by Crippen LogP contribution is 2.23. The molecule has 1 fully saturated rings. The molecule has 2 rings (SSSR count). The maximum absolute atomic E-state index is 12.3.